The minimum atomic E-state index is -0.466. The first-order valence-electron chi connectivity index (χ1n) is 10.5. The van der Waals surface area contributed by atoms with Crippen LogP contribution < -0.4 is 11.0 Å². The Morgan fingerprint density at radius 3 is 1.64 bits per heavy atom. The quantitative estimate of drug-likeness (QED) is 0.528. The van der Waals surface area contributed by atoms with E-state index in [1.165, 1.54) is 11.1 Å². The monoisotopic (exact) mass is 454 g/mol. The first kappa shape index (κ1) is 28.1. The van der Waals surface area contributed by atoms with E-state index in [2.05, 4.69) is 38.1 Å². The minimum absolute atomic E-state index is 0.0160. The Labute approximate surface area is 196 Å². The number of hydrogen-bond donors (Lipinski definition) is 0. The van der Waals surface area contributed by atoms with Gasteiger partial charge in [0.25, 0.3) is 5.56 Å². The molecule has 0 atom stereocenters. The number of aryl methyl sites for hydroxylation is 4. The molecule has 1 saturated heterocycles. The molecule has 1 aliphatic rings. The summed E-state index contributed by atoms with van der Waals surface area (Å²) < 4.78 is 15.7. The molecule has 0 amide bonds. The highest BCUT2D eigenvalue weighted by Crippen LogP contribution is 2.36. The maximum atomic E-state index is 12.3. The lowest BCUT2D eigenvalue weighted by Crippen LogP contribution is -2.41. The van der Waals surface area contributed by atoms with E-state index < -0.39 is 18.3 Å². The second-order valence-corrected chi connectivity index (χ2v) is 8.93. The van der Waals surface area contributed by atoms with Gasteiger partial charge in [-0.15, -0.1) is 0 Å². The van der Waals surface area contributed by atoms with Crippen molar-refractivity contribution in [3.8, 4) is 0 Å². The van der Waals surface area contributed by atoms with Crippen molar-refractivity contribution < 1.29 is 18.9 Å². The Morgan fingerprint density at radius 2 is 1.21 bits per heavy atom. The second-order valence-electron chi connectivity index (χ2n) is 8.93. The molecular formula is C25H35BN2O5. The van der Waals surface area contributed by atoms with E-state index in [-0.39, 0.29) is 5.56 Å². The number of nitrogens with zero attached hydrogens (tertiary/aromatic N) is 2. The molecule has 0 spiro atoms. The predicted molar refractivity (Wildman–Crippen MR) is 134 cm³/mol. The molecule has 1 aromatic carbocycles. The van der Waals surface area contributed by atoms with E-state index in [4.69, 9.17) is 18.9 Å². The molecule has 2 aromatic heterocycles. The number of hydrogen-bond acceptors (Lipinski definition) is 5. The Balaban J connectivity index is 0.000000380. The lowest BCUT2D eigenvalue weighted by molar-refractivity contribution is -0.0987. The summed E-state index contributed by atoms with van der Waals surface area (Å²) in [6, 6.07) is 10.4. The third-order valence-electron chi connectivity index (χ3n) is 5.96. The minimum Gasteiger partial charge on any atom is -0.399 e. The van der Waals surface area contributed by atoms with Crippen LogP contribution in [0.2, 0.25) is 0 Å². The normalized spacial score (nSPS) is 15.5. The van der Waals surface area contributed by atoms with Crippen molar-refractivity contribution in [2.45, 2.75) is 52.7 Å². The van der Waals surface area contributed by atoms with Gasteiger partial charge in [0.1, 0.15) is 19.1 Å². The number of aromatic nitrogens is 2. The van der Waals surface area contributed by atoms with Crippen LogP contribution in [0.4, 0.5) is 0 Å². The zero-order valence-electron chi connectivity index (χ0n) is 21.0. The van der Waals surface area contributed by atoms with Crippen LogP contribution in [0.25, 0.3) is 10.9 Å². The highest BCUT2D eigenvalue weighted by molar-refractivity contribution is 6.65. The maximum Gasteiger partial charge on any atom is 0.497 e. The van der Waals surface area contributed by atoms with E-state index >= 15 is 0 Å². The summed E-state index contributed by atoms with van der Waals surface area (Å²) in [5, 5.41) is 0.888. The summed E-state index contributed by atoms with van der Waals surface area (Å²) in [6.07, 6.45) is 3.70. The molecule has 178 valence electrons. The molecule has 3 heterocycles. The zero-order chi connectivity index (χ0) is 25.6. The Kier molecular flexibility index (Phi) is 9.57. The Morgan fingerprint density at radius 1 is 0.788 bits per heavy atom. The average molecular weight is 454 g/mol. The molecule has 0 saturated carbocycles. The average Bonchev–Trinajstić information content (AvgIpc) is 3.26. The molecule has 0 aliphatic carbocycles. The summed E-state index contributed by atoms with van der Waals surface area (Å²) in [7, 11) is 3.16. The van der Waals surface area contributed by atoms with Gasteiger partial charge in [-0.3, -0.25) is 4.79 Å². The molecule has 4 rings (SSSR count). The van der Waals surface area contributed by atoms with E-state index in [0.29, 0.717) is 5.52 Å². The highest BCUT2D eigenvalue weighted by Gasteiger charge is 2.52. The van der Waals surface area contributed by atoms with E-state index in [1.54, 1.807) is 11.6 Å². The molecule has 0 N–H and O–H groups in total. The van der Waals surface area contributed by atoms with Gasteiger partial charge in [-0.2, -0.15) is 0 Å². The number of pyridine rings is 1. The van der Waals surface area contributed by atoms with Crippen LogP contribution >= 0.6 is 0 Å². The maximum absolute atomic E-state index is 12.3. The third kappa shape index (κ3) is 6.09. The topological polar surface area (TPSA) is 79.5 Å². The number of fused-ring (bicyclic) bond motifs is 1. The fourth-order valence-corrected chi connectivity index (χ4v) is 3.33. The van der Waals surface area contributed by atoms with Crippen molar-refractivity contribution in [3.05, 3.63) is 64.2 Å². The molecule has 7 nitrogen and oxygen atoms in total. The van der Waals surface area contributed by atoms with Crippen molar-refractivity contribution in [2.24, 2.45) is 14.1 Å². The summed E-state index contributed by atoms with van der Waals surface area (Å²) in [5.41, 5.74) is 3.42. The molecule has 3 aromatic rings. The molecule has 0 bridgehead atoms. The van der Waals surface area contributed by atoms with Crippen molar-refractivity contribution in [2.75, 3.05) is 0 Å². The summed E-state index contributed by atoms with van der Waals surface area (Å²) >= 11 is 0. The van der Waals surface area contributed by atoms with Gasteiger partial charge in [0.15, 0.2) is 0 Å². The van der Waals surface area contributed by atoms with Crippen LogP contribution in [0.3, 0.4) is 0 Å². The molecule has 0 radical (unpaired) electrons. The van der Waals surface area contributed by atoms with Gasteiger partial charge in [-0.1, -0.05) is 35.4 Å². The first-order chi connectivity index (χ1) is 15.4. The van der Waals surface area contributed by atoms with E-state index in [1.807, 2.05) is 71.3 Å². The molecule has 33 heavy (non-hydrogen) atoms. The zero-order valence-corrected chi connectivity index (χ0v) is 21.0. The van der Waals surface area contributed by atoms with E-state index in [0.717, 1.165) is 10.8 Å². The number of carbonyl (C=O) groups is 2. The summed E-state index contributed by atoms with van der Waals surface area (Å²) in [6.45, 7) is 16.3. The van der Waals surface area contributed by atoms with Crippen molar-refractivity contribution >= 4 is 37.1 Å². The molecule has 0 unspecified atom stereocenters. The van der Waals surface area contributed by atoms with E-state index in [9.17, 15) is 4.79 Å². The lowest BCUT2D eigenvalue weighted by Gasteiger charge is -2.32. The van der Waals surface area contributed by atoms with Crippen LogP contribution in [0.1, 0.15) is 38.8 Å². The molecule has 8 heteroatoms. The van der Waals surface area contributed by atoms with Gasteiger partial charge in [0, 0.05) is 37.3 Å². The SMILES string of the molecule is C=O.C=O.Cc1ccc(C)cc1.Cn1cc(B2OC(C)(C)C(C)(C)O2)c2ccn(C)c2c1=O. The fourth-order valence-electron chi connectivity index (χ4n) is 3.33. The van der Waals surface area contributed by atoms with Crippen molar-refractivity contribution in [1.29, 1.82) is 0 Å². The Bertz CT molecular complexity index is 1080. The first-order valence-corrected chi connectivity index (χ1v) is 10.5. The molecular weight excluding hydrogens is 419 g/mol. The standard InChI is InChI=1S/C15H21BN2O3.C8H10.2CH2O/c1-14(2)15(3,4)21-16(20-14)11-9-18(6)13(19)12-10(11)7-8-17(12)5;1-7-3-5-8(2)6-4-7;2*1-2/h7-9H,1-6H3;3-6H,1-2H3;2*1H2. The highest BCUT2D eigenvalue weighted by atomic mass is 16.7. The van der Waals surface area contributed by atoms with Gasteiger partial charge in [-0.25, -0.2) is 0 Å². The number of rotatable bonds is 1. The lowest BCUT2D eigenvalue weighted by atomic mass is 9.78. The van der Waals surface area contributed by atoms with Gasteiger partial charge in [0.05, 0.1) is 11.2 Å². The van der Waals surface area contributed by atoms with Gasteiger partial charge < -0.3 is 28.0 Å². The van der Waals surface area contributed by atoms with Crippen LogP contribution in [0.5, 0.6) is 0 Å². The second kappa shape index (κ2) is 11.3. The van der Waals surface area contributed by atoms with Crippen LogP contribution in [0, 0.1) is 13.8 Å². The Hall–Kier alpha value is -2.97. The number of carbonyl (C=O) groups excluding carboxylic acids is 2. The van der Waals surface area contributed by atoms with Crippen LogP contribution in [-0.4, -0.2) is 41.0 Å². The van der Waals surface area contributed by atoms with Gasteiger partial charge in [-0.05, 0) is 47.6 Å². The largest absolute Gasteiger partial charge is 0.497 e. The fraction of sp³-hybridized carbons (Fsp3) is 0.400. The summed E-state index contributed by atoms with van der Waals surface area (Å²) in [4.78, 5) is 28.3. The number of benzene rings is 1. The van der Waals surface area contributed by atoms with Crippen LogP contribution in [-0.2, 0) is 33.0 Å². The molecule has 1 fully saturated rings. The van der Waals surface area contributed by atoms with Crippen molar-refractivity contribution in [1.82, 2.24) is 9.13 Å². The third-order valence-corrected chi connectivity index (χ3v) is 5.96. The van der Waals surface area contributed by atoms with Gasteiger partial charge >= 0.3 is 7.12 Å². The predicted octanol–water partition coefficient (Wildman–Crippen LogP) is 3.11. The van der Waals surface area contributed by atoms with Gasteiger partial charge in [0.2, 0.25) is 0 Å². The molecule has 1 aliphatic heterocycles. The summed E-state index contributed by atoms with van der Waals surface area (Å²) in [5.74, 6) is 0. The van der Waals surface area contributed by atoms with Crippen LogP contribution in [0.15, 0.2) is 47.5 Å². The smallest absolute Gasteiger partial charge is 0.399 e. The van der Waals surface area contributed by atoms with Crippen molar-refractivity contribution in [3.63, 3.8) is 0 Å².